The highest BCUT2D eigenvalue weighted by molar-refractivity contribution is 5.84. The summed E-state index contributed by atoms with van der Waals surface area (Å²) in [4.78, 5) is 11.9. The molecule has 0 aromatic heterocycles. The number of carboxylic acid groups (broad SMARTS) is 1. The van der Waals surface area contributed by atoms with E-state index in [4.69, 9.17) is 9.47 Å². The van der Waals surface area contributed by atoms with E-state index >= 15 is 0 Å². The van der Waals surface area contributed by atoms with E-state index in [9.17, 15) is 14.3 Å². The molecular weight excluding hydrogens is 275 g/mol. The lowest BCUT2D eigenvalue weighted by Gasteiger charge is -2.27. The standard InChI is InChI=1S/C16H19FO4/c1-15(2,17)10-7-11(13-12(8-10)20-9-21-13)16(14(18)19)5-3-4-6-16/h7-8H,3-6,9H2,1-2H3,(H,18,19). The van der Waals surface area contributed by atoms with Crippen LogP contribution in [0.25, 0.3) is 0 Å². The Hall–Kier alpha value is -1.78. The van der Waals surface area contributed by atoms with Gasteiger partial charge in [-0.3, -0.25) is 4.79 Å². The van der Waals surface area contributed by atoms with Crippen LogP contribution in [-0.2, 0) is 15.9 Å². The van der Waals surface area contributed by atoms with Gasteiger partial charge >= 0.3 is 5.97 Å². The minimum atomic E-state index is -1.56. The Morgan fingerprint density at radius 2 is 1.95 bits per heavy atom. The maximum Gasteiger partial charge on any atom is 0.314 e. The van der Waals surface area contributed by atoms with Crippen molar-refractivity contribution in [2.24, 2.45) is 0 Å². The summed E-state index contributed by atoms with van der Waals surface area (Å²) in [5.41, 5.74) is -1.56. The van der Waals surface area contributed by atoms with Gasteiger partial charge in [0.05, 0.1) is 5.41 Å². The lowest BCUT2D eigenvalue weighted by Crippen LogP contribution is -2.33. The molecule has 1 heterocycles. The summed E-state index contributed by atoms with van der Waals surface area (Å²) in [6.45, 7) is 2.96. The molecule has 2 aliphatic rings. The number of alkyl halides is 1. The SMILES string of the molecule is CC(C)(F)c1cc2c(c(C3(C(=O)O)CCCC3)c1)OCO2. The molecule has 1 aliphatic carbocycles. The molecule has 1 aromatic rings. The van der Waals surface area contributed by atoms with Crippen molar-refractivity contribution >= 4 is 5.97 Å². The summed E-state index contributed by atoms with van der Waals surface area (Å²) in [6, 6.07) is 3.25. The Morgan fingerprint density at radius 1 is 1.29 bits per heavy atom. The largest absolute Gasteiger partial charge is 0.481 e. The van der Waals surface area contributed by atoms with Crippen LogP contribution in [0.3, 0.4) is 0 Å². The molecule has 5 heteroatoms. The number of rotatable bonds is 3. The monoisotopic (exact) mass is 294 g/mol. The first kappa shape index (κ1) is 14.2. The van der Waals surface area contributed by atoms with Gasteiger partial charge in [0.25, 0.3) is 0 Å². The van der Waals surface area contributed by atoms with E-state index in [1.807, 2.05) is 0 Å². The highest BCUT2D eigenvalue weighted by atomic mass is 19.1. The van der Waals surface area contributed by atoms with Crippen molar-refractivity contribution < 1.29 is 23.8 Å². The van der Waals surface area contributed by atoms with Crippen LogP contribution < -0.4 is 9.47 Å². The quantitative estimate of drug-likeness (QED) is 0.926. The van der Waals surface area contributed by atoms with Crippen LogP contribution in [0, 0.1) is 0 Å². The number of hydrogen-bond acceptors (Lipinski definition) is 3. The Morgan fingerprint density at radius 3 is 2.52 bits per heavy atom. The molecule has 0 saturated heterocycles. The molecule has 0 atom stereocenters. The number of carboxylic acids is 1. The van der Waals surface area contributed by atoms with Crippen molar-refractivity contribution in [3.05, 3.63) is 23.3 Å². The Kier molecular flexibility index (Phi) is 3.11. The third kappa shape index (κ3) is 2.15. The van der Waals surface area contributed by atoms with Crippen molar-refractivity contribution in [2.45, 2.75) is 50.6 Å². The molecule has 4 nitrogen and oxygen atoms in total. The predicted molar refractivity (Wildman–Crippen MR) is 74.5 cm³/mol. The maximum atomic E-state index is 14.3. The molecule has 21 heavy (non-hydrogen) atoms. The van der Waals surface area contributed by atoms with Crippen molar-refractivity contribution in [1.82, 2.24) is 0 Å². The lowest BCUT2D eigenvalue weighted by atomic mass is 9.77. The average molecular weight is 294 g/mol. The first-order valence-electron chi connectivity index (χ1n) is 7.21. The molecule has 0 spiro atoms. The lowest BCUT2D eigenvalue weighted by molar-refractivity contribution is -0.143. The third-order valence-electron chi connectivity index (χ3n) is 4.54. The van der Waals surface area contributed by atoms with E-state index in [2.05, 4.69) is 0 Å². The van der Waals surface area contributed by atoms with E-state index in [1.54, 1.807) is 12.1 Å². The summed E-state index contributed by atoms with van der Waals surface area (Å²) in [5, 5.41) is 9.75. The fourth-order valence-corrected chi connectivity index (χ4v) is 3.29. The molecule has 1 N–H and O–H groups in total. The highest BCUT2D eigenvalue weighted by Gasteiger charge is 2.47. The highest BCUT2D eigenvalue weighted by Crippen LogP contribution is 2.50. The van der Waals surface area contributed by atoms with Crippen molar-refractivity contribution in [3.63, 3.8) is 0 Å². The molecule has 114 valence electrons. The van der Waals surface area contributed by atoms with E-state index in [-0.39, 0.29) is 6.79 Å². The van der Waals surface area contributed by atoms with Gasteiger partial charge in [-0.05, 0) is 44.4 Å². The predicted octanol–water partition coefficient (Wildman–Crippen LogP) is 3.52. The zero-order chi connectivity index (χ0) is 15.3. The molecule has 1 fully saturated rings. The third-order valence-corrected chi connectivity index (χ3v) is 4.54. The van der Waals surface area contributed by atoms with E-state index in [0.29, 0.717) is 35.5 Å². The van der Waals surface area contributed by atoms with Crippen molar-refractivity contribution in [3.8, 4) is 11.5 Å². The minimum absolute atomic E-state index is 0.0498. The first-order chi connectivity index (χ1) is 9.84. The molecule has 1 aliphatic heterocycles. The smallest absolute Gasteiger partial charge is 0.314 e. The zero-order valence-electron chi connectivity index (χ0n) is 12.2. The van der Waals surface area contributed by atoms with Crippen LogP contribution in [0.1, 0.15) is 50.7 Å². The van der Waals surface area contributed by atoms with Gasteiger partial charge in [0.1, 0.15) is 5.67 Å². The second-order valence-electron chi connectivity index (χ2n) is 6.32. The first-order valence-corrected chi connectivity index (χ1v) is 7.21. The van der Waals surface area contributed by atoms with Crippen LogP contribution >= 0.6 is 0 Å². The van der Waals surface area contributed by atoms with Crippen LogP contribution in [0.4, 0.5) is 4.39 Å². The van der Waals surface area contributed by atoms with Gasteiger partial charge in [-0.1, -0.05) is 12.8 Å². The number of halogens is 1. The van der Waals surface area contributed by atoms with Gasteiger partial charge in [-0.25, -0.2) is 4.39 Å². The van der Waals surface area contributed by atoms with Gasteiger partial charge in [0.2, 0.25) is 6.79 Å². The zero-order valence-corrected chi connectivity index (χ0v) is 12.2. The van der Waals surface area contributed by atoms with Gasteiger partial charge in [0, 0.05) is 5.56 Å². The van der Waals surface area contributed by atoms with Crippen LogP contribution in [0.2, 0.25) is 0 Å². The van der Waals surface area contributed by atoms with Crippen molar-refractivity contribution in [2.75, 3.05) is 6.79 Å². The van der Waals surface area contributed by atoms with Crippen LogP contribution in [0.5, 0.6) is 11.5 Å². The molecule has 1 saturated carbocycles. The minimum Gasteiger partial charge on any atom is -0.481 e. The van der Waals surface area contributed by atoms with E-state index in [1.165, 1.54) is 13.8 Å². The number of aliphatic carboxylic acids is 1. The maximum absolute atomic E-state index is 14.3. The van der Waals surface area contributed by atoms with Gasteiger partial charge in [-0.2, -0.15) is 0 Å². The number of fused-ring (bicyclic) bond motifs is 1. The Labute approximate surface area is 122 Å². The number of benzene rings is 1. The molecule has 0 unspecified atom stereocenters. The van der Waals surface area contributed by atoms with Gasteiger partial charge in [0.15, 0.2) is 11.5 Å². The summed E-state index contributed by atoms with van der Waals surface area (Å²) >= 11 is 0. The second-order valence-corrected chi connectivity index (χ2v) is 6.32. The fraction of sp³-hybridized carbons (Fsp3) is 0.562. The molecule has 0 radical (unpaired) electrons. The summed E-state index contributed by atoms with van der Waals surface area (Å²) in [6.07, 6.45) is 2.80. The van der Waals surface area contributed by atoms with Gasteiger partial charge in [-0.15, -0.1) is 0 Å². The topological polar surface area (TPSA) is 55.8 Å². The van der Waals surface area contributed by atoms with Crippen molar-refractivity contribution in [1.29, 1.82) is 0 Å². The van der Waals surface area contributed by atoms with Gasteiger partial charge < -0.3 is 14.6 Å². The normalized spacial score (nSPS) is 19.8. The van der Waals surface area contributed by atoms with E-state index in [0.717, 1.165) is 12.8 Å². The molecule has 1 aromatic carbocycles. The second kappa shape index (κ2) is 4.61. The number of hydrogen-bond donors (Lipinski definition) is 1. The summed E-state index contributed by atoms with van der Waals surface area (Å²) in [7, 11) is 0. The van der Waals surface area contributed by atoms with E-state index < -0.39 is 17.1 Å². The molecule has 3 rings (SSSR count). The number of ether oxygens (including phenoxy) is 2. The Balaban J connectivity index is 2.21. The molecule has 0 bridgehead atoms. The number of carbonyl (C=O) groups is 1. The molecule has 0 amide bonds. The fourth-order valence-electron chi connectivity index (χ4n) is 3.29. The average Bonchev–Trinajstić information content (AvgIpc) is 3.06. The Bertz CT molecular complexity index is 583. The van der Waals surface area contributed by atoms with Crippen LogP contribution in [0.15, 0.2) is 12.1 Å². The molecular formula is C16H19FO4. The van der Waals surface area contributed by atoms with Crippen LogP contribution in [-0.4, -0.2) is 17.9 Å². The summed E-state index contributed by atoms with van der Waals surface area (Å²) in [5.74, 6) is 0.0413. The summed E-state index contributed by atoms with van der Waals surface area (Å²) < 4.78 is 25.2.